The van der Waals surface area contributed by atoms with Crippen LogP contribution < -0.4 is 10.1 Å². The van der Waals surface area contributed by atoms with Crippen LogP contribution in [0.3, 0.4) is 0 Å². The second-order valence-corrected chi connectivity index (χ2v) is 8.13. The molecule has 30 heavy (non-hydrogen) atoms. The molecule has 0 atom stereocenters. The molecule has 0 aliphatic carbocycles. The lowest BCUT2D eigenvalue weighted by molar-refractivity contribution is 0.102. The maximum absolute atomic E-state index is 12.5. The molecule has 3 aromatic carbocycles. The van der Waals surface area contributed by atoms with Gasteiger partial charge in [-0.05, 0) is 79.5 Å². The normalized spacial score (nSPS) is 15.0. The zero-order valence-corrected chi connectivity index (χ0v) is 17.7. The molecule has 0 radical (unpaired) electrons. The smallest absolute Gasteiger partial charge is 0.255 e. The van der Waals surface area contributed by atoms with Crippen molar-refractivity contribution in [2.24, 2.45) is 0 Å². The number of anilines is 1. The van der Waals surface area contributed by atoms with Gasteiger partial charge in [-0.3, -0.25) is 4.79 Å². The quantitative estimate of drug-likeness (QED) is 0.572. The van der Waals surface area contributed by atoms with Crippen molar-refractivity contribution in [3.63, 3.8) is 0 Å². The standard InChI is InChI=1S/C25H25ClN2O2/c1-28-14-12-23(13-15-28)30-24-7-3-5-20(17-24)19-4-2-6-22(16-19)27-25(29)18-8-10-21(26)11-9-18/h2-11,16-17,23H,12-15H2,1H3,(H,27,29). The Labute approximate surface area is 182 Å². The van der Waals surface area contributed by atoms with E-state index in [-0.39, 0.29) is 12.0 Å². The van der Waals surface area contributed by atoms with Gasteiger partial charge in [-0.25, -0.2) is 0 Å². The maximum atomic E-state index is 12.5. The van der Waals surface area contributed by atoms with Crippen molar-refractivity contribution in [2.45, 2.75) is 18.9 Å². The number of nitrogens with zero attached hydrogens (tertiary/aromatic N) is 1. The lowest BCUT2D eigenvalue weighted by atomic mass is 10.0. The zero-order valence-electron chi connectivity index (χ0n) is 17.0. The van der Waals surface area contributed by atoms with Gasteiger partial charge in [0.25, 0.3) is 5.91 Å². The first-order valence-electron chi connectivity index (χ1n) is 10.2. The van der Waals surface area contributed by atoms with E-state index in [1.54, 1.807) is 24.3 Å². The van der Waals surface area contributed by atoms with Gasteiger partial charge in [0.15, 0.2) is 0 Å². The van der Waals surface area contributed by atoms with Crippen molar-refractivity contribution in [3.8, 4) is 16.9 Å². The van der Waals surface area contributed by atoms with E-state index < -0.39 is 0 Å². The summed E-state index contributed by atoms with van der Waals surface area (Å²) in [6, 6.07) is 22.8. The van der Waals surface area contributed by atoms with Crippen LogP contribution in [0.5, 0.6) is 5.75 Å². The first kappa shape index (κ1) is 20.5. The second kappa shape index (κ2) is 9.33. The number of rotatable bonds is 5. The lowest BCUT2D eigenvalue weighted by Gasteiger charge is -2.29. The Hall–Kier alpha value is -2.82. The minimum absolute atomic E-state index is 0.164. The highest BCUT2D eigenvalue weighted by Crippen LogP contribution is 2.28. The molecule has 1 aliphatic heterocycles. The molecule has 0 bridgehead atoms. The molecule has 1 saturated heterocycles. The lowest BCUT2D eigenvalue weighted by Crippen LogP contribution is -2.35. The van der Waals surface area contributed by atoms with Gasteiger partial charge in [-0.2, -0.15) is 0 Å². The van der Waals surface area contributed by atoms with Crippen molar-refractivity contribution >= 4 is 23.2 Å². The number of carbonyl (C=O) groups excluding carboxylic acids is 1. The van der Waals surface area contributed by atoms with Gasteiger partial charge in [-0.1, -0.05) is 35.9 Å². The number of amides is 1. The number of nitrogens with one attached hydrogen (secondary N) is 1. The van der Waals surface area contributed by atoms with Crippen molar-refractivity contribution in [2.75, 3.05) is 25.5 Å². The molecule has 5 heteroatoms. The third-order valence-corrected chi connectivity index (χ3v) is 5.61. The number of piperidine rings is 1. The molecular weight excluding hydrogens is 396 g/mol. The fourth-order valence-corrected chi connectivity index (χ4v) is 3.75. The minimum Gasteiger partial charge on any atom is -0.490 e. The number of hydrogen-bond donors (Lipinski definition) is 1. The first-order chi connectivity index (χ1) is 14.6. The molecule has 1 aliphatic rings. The predicted octanol–water partition coefficient (Wildman–Crippen LogP) is 5.73. The van der Waals surface area contributed by atoms with Gasteiger partial charge >= 0.3 is 0 Å². The summed E-state index contributed by atoms with van der Waals surface area (Å²) in [6.07, 6.45) is 2.36. The Kier molecular flexibility index (Phi) is 6.36. The number of likely N-dealkylation sites (tertiary alicyclic amines) is 1. The molecule has 4 rings (SSSR count). The van der Waals surface area contributed by atoms with Crippen molar-refractivity contribution in [1.29, 1.82) is 0 Å². The van der Waals surface area contributed by atoms with E-state index in [1.165, 1.54) is 0 Å². The monoisotopic (exact) mass is 420 g/mol. The average Bonchev–Trinajstić information content (AvgIpc) is 2.76. The summed E-state index contributed by atoms with van der Waals surface area (Å²) in [4.78, 5) is 14.8. The van der Waals surface area contributed by atoms with Crippen LogP contribution >= 0.6 is 11.6 Å². The molecule has 4 nitrogen and oxygen atoms in total. The second-order valence-electron chi connectivity index (χ2n) is 7.69. The Balaban J connectivity index is 1.47. The molecule has 1 heterocycles. The molecule has 0 saturated carbocycles. The zero-order chi connectivity index (χ0) is 20.9. The summed E-state index contributed by atoms with van der Waals surface area (Å²) in [5, 5.41) is 3.56. The topological polar surface area (TPSA) is 41.6 Å². The summed E-state index contributed by atoms with van der Waals surface area (Å²) >= 11 is 5.90. The largest absolute Gasteiger partial charge is 0.490 e. The highest BCUT2D eigenvalue weighted by molar-refractivity contribution is 6.30. The SMILES string of the molecule is CN1CCC(Oc2cccc(-c3cccc(NC(=O)c4ccc(Cl)cc4)c3)c2)CC1. The van der Waals surface area contributed by atoms with Crippen molar-refractivity contribution < 1.29 is 9.53 Å². The highest BCUT2D eigenvalue weighted by Gasteiger charge is 2.18. The van der Waals surface area contributed by atoms with Crippen molar-refractivity contribution in [1.82, 2.24) is 4.90 Å². The van der Waals surface area contributed by atoms with E-state index >= 15 is 0 Å². The minimum atomic E-state index is -0.164. The number of benzene rings is 3. The molecule has 1 amide bonds. The molecular formula is C25H25ClN2O2. The summed E-state index contributed by atoms with van der Waals surface area (Å²) in [5.41, 5.74) is 3.40. The number of halogens is 1. The fourth-order valence-electron chi connectivity index (χ4n) is 3.63. The van der Waals surface area contributed by atoms with E-state index in [0.29, 0.717) is 10.6 Å². The molecule has 154 valence electrons. The average molecular weight is 421 g/mol. The highest BCUT2D eigenvalue weighted by atomic mass is 35.5. The van der Waals surface area contributed by atoms with Crippen LogP contribution in [0.4, 0.5) is 5.69 Å². The molecule has 0 aromatic heterocycles. The van der Waals surface area contributed by atoms with Crippen LogP contribution in [-0.4, -0.2) is 37.0 Å². The van der Waals surface area contributed by atoms with Crippen molar-refractivity contribution in [3.05, 3.63) is 83.4 Å². The maximum Gasteiger partial charge on any atom is 0.255 e. The van der Waals surface area contributed by atoms with Gasteiger partial charge in [0.2, 0.25) is 0 Å². The Morgan fingerprint density at radius 2 is 1.63 bits per heavy atom. The van der Waals surface area contributed by atoms with Crippen LogP contribution in [0.2, 0.25) is 5.02 Å². The molecule has 0 unspecified atom stereocenters. The van der Waals surface area contributed by atoms with Crippen LogP contribution in [-0.2, 0) is 0 Å². The van der Waals surface area contributed by atoms with Crippen LogP contribution in [0.15, 0.2) is 72.8 Å². The Morgan fingerprint density at radius 3 is 2.37 bits per heavy atom. The van der Waals surface area contributed by atoms with Gasteiger partial charge in [0.05, 0.1) is 0 Å². The summed E-state index contributed by atoms with van der Waals surface area (Å²) in [5.74, 6) is 0.723. The molecule has 1 fully saturated rings. The van der Waals surface area contributed by atoms with E-state index in [1.807, 2.05) is 36.4 Å². The van der Waals surface area contributed by atoms with Crippen LogP contribution in [0, 0.1) is 0 Å². The van der Waals surface area contributed by atoms with Crippen LogP contribution in [0.1, 0.15) is 23.2 Å². The van der Waals surface area contributed by atoms with E-state index in [4.69, 9.17) is 16.3 Å². The summed E-state index contributed by atoms with van der Waals surface area (Å²) in [7, 11) is 2.15. The molecule has 3 aromatic rings. The van der Waals surface area contributed by atoms with E-state index in [0.717, 1.165) is 48.5 Å². The first-order valence-corrected chi connectivity index (χ1v) is 10.6. The number of carbonyl (C=O) groups is 1. The Morgan fingerprint density at radius 1 is 0.967 bits per heavy atom. The molecule has 1 N–H and O–H groups in total. The van der Waals surface area contributed by atoms with E-state index in [2.05, 4.69) is 29.4 Å². The third kappa shape index (κ3) is 5.21. The number of ether oxygens (including phenoxy) is 1. The summed E-state index contributed by atoms with van der Waals surface area (Å²) in [6.45, 7) is 2.14. The number of hydrogen-bond acceptors (Lipinski definition) is 3. The van der Waals surface area contributed by atoms with Crippen LogP contribution in [0.25, 0.3) is 11.1 Å². The van der Waals surface area contributed by atoms with E-state index in [9.17, 15) is 4.79 Å². The molecule has 0 spiro atoms. The van der Waals surface area contributed by atoms with Gasteiger partial charge in [0, 0.05) is 29.4 Å². The predicted molar refractivity (Wildman–Crippen MR) is 122 cm³/mol. The summed E-state index contributed by atoms with van der Waals surface area (Å²) < 4.78 is 6.22. The fraction of sp³-hybridized carbons (Fsp3) is 0.240. The van der Waals surface area contributed by atoms with Gasteiger partial charge < -0.3 is 15.0 Å². The van der Waals surface area contributed by atoms with Gasteiger partial charge in [-0.15, -0.1) is 0 Å². The van der Waals surface area contributed by atoms with Gasteiger partial charge in [0.1, 0.15) is 11.9 Å². The third-order valence-electron chi connectivity index (χ3n) is 5.36. The Bertz CT molecular complexity index is 1010.